The number of nitrogens with zero attached hydrogens (tertiary/aromatic N) is 1. The fourth-order valence-corrected chi connectivity index (χ4v) is 1.23. The summed E-state index contributed by atoms with van der Waals surface area (Å²) in [5.41, 5.74) is 0.196. The van der Waals surface area contributed by atoms with Gasteiger partial charge in [0.1, 0.15) is 5.75 Å². The molecule has 0 saturated heterocycles. The van der Waals surface area contributed by atoms with Crippen LogP contribution in [0.5, 0.6) is 11.5 Å². The number of ether oxygens (including phenoxy) is 2. The van der Waals surface area contributed by atoms with E-state index in [9.17, 15) is 14.5 Å². The molecule has 1 aromatic carbocycles. The lowest BCUT2D eigenvalue weighted by atomic mass is 10.1. The molecule has 16 heavy (non-hydrogen) atoms. The Labute approximate surface area is 91.2 Å². The van der Waals surface area contributed by atoms with Crippen molar-refractivity contribution in [2.75, 3.05) is 14.2 Å². The van der Waals surface area contributed by atoms with Crippen LogP contribution in [0.2, 0.25) is 0 Å². The second kappa shape index (κ2) is 5.11. The largest absolute Gasteiger partial charge is 0.496 e. The molecule has 0 aliphatic carbocycles. The van der Waals surface area contributed by atoms with Crippen molar-refractivity contribution >= 4 is 6.08 Å². The highest BCUT2D eigenvalue weighted by Crippen LogP contribution is 2.32. The van der Waals surface area contributed by atoms with Gasteiger partial charge in [-0.3, -0.25) is 10.1 Å². The van der Waals surface area contributed by atoms with Crippen LogP contribution >= 0.6 is 0 Å². The fourth-order valence-electron chi connectivity index (χ4n) is 1.23. The zero-order valence-electron chi connectivity index (χ0n) is 8.77. The third-order valence-corrected chi connectivity index (χ3v) is 1.89. The molecular formula is C10H10FNO4. The van der Waals surface area contributed by atoms with E-state index in [0.29, 0.717) is 11.9 Å². The van der Waals surface area contributed by atoms with E-state index in [0.717, 1.165) is 6.08 Å². The normalized spacial score (nSPS) is 10.4. The molecule has 0 N–H and O–H groups in total. The molecule has 0 saturated carbocycles. The van der Waals surface area contributed by atoms with Gasteiger partial charge in [-0.15, -0.1) is 0 Å². The number of hydrogen-bond acceptors (Lipinski definition) is 4. The lowest BCUT2D eigenvalue weighted by molar-refractivity contribution is -0.400. The maximum Gasteiger partial charge on any atom is 0.235 e. The molecule has 0 atom stereocenters. The average molecular weight is 227 g/mol. The van der Waals surface area contributed by atoms with Crippen LogP contribution in [0, 0.1) is 15.9 Å². The van der Waals surface area contributed by atoms with E-state index < -0.39 is 10.7 Å². The number of benzene rings is 1. The molecule has 0 unspecified atom stereocenters. The van der Waals surface area contributed by atoms with Gasteiger partial charge in [-0.2, -0.15) is 0 Å². The van der Waals surface area contributed by atoms with Gasteiger partial charge in [0.2, 0.25) is 6.20 Å². The van der Waals surface area contributed by atoms with Crippen LogP contribution in [0.15, 0.2) is 18.3 Å². The van der Waals surface area contributed by atoms with Crippen LogP contribution in [0.3, 0.4) is 0 Å². The van der Waals surface area contributed by atoms with Gasteiger partial charge in [0.15, 0.2) is 11.6 Å². The van der Waals surface area contributed by atoms with E-state index >= 15 is 0 Å². The Balaban J connectivity index is 3.30. The van der Waals surface area contributed by atoms with Crippen molar-refractivity contribution in [3.63, 3.8) is 0 Å². The second-order valence-corrected chi connectivity index (χ2v) is 2.80. The lowest BCUT2D eigenvalue weighted by Crippen LogP contribution is -1.96. The highest BCUT2D eigenvalue weighted by molar-refractivity contribution is 5.64. The molecule has 5 nitrogen and oxygen atoms in total. The number of hydrogen-bond donors (Lipinski definition) is 0. The molecule has 0 aromatic heterocycles. The molecule has 0 aliphatic rings. The fraction of sp³-hybridized carbons (Fsp3) is 0.200. The first kappa shape index (κ1) is 12.0. The zero-order chi connectivity index (χ0) is 12.1. The standard InChI is InChI=1S/C10H10FNO4/c1-15-9-4-3-8(11)10(16-2)7(9)5-6-12(13)14/h3-6H,1-2H3/b6-5+. The minimum Gasteiger partial charge on any atom is -0.496 e. The van der Waals surface area contributed by atoms with E-state index in [1.165, 1.54) is 26.4 Å². The summed E-state index contributed by atoms with van der Waals surface area (Å²) >= 11 is 0. The Bertz CT molecular complexity index is 431. The average Bonchev–Trinajstić information content (AvgIpc) is 2.26. The van der Waals surface area contributed by atoms with E-state index in [-0.39, 0.29) is 11.3 Å². The van der Waals surface area contributed by atoms with Crippen molar-refractivity contribution in [2.45, 2.75) is 0 Å². The first-order valence-electron chi connectivity index (χ1n) is 4.32. The molecule has 0 aliphatic heterocycles. The molecule has 0 heterocycles. The first-order chi connectivity index (χ1) is 7.60. The van der Waals surface area contributed by atoms with Crippen LogP contribution in [-0.4, -0.2) is 19.1 Å². The third kappa shape index (κ3) is 2.47. The monoisotopic (exact) mass is 227 g/mol. The predicted molar refractivity (Wildman–Crippen MR) is 55.5 cm³/mol. The van der Waals surface area contributed by atoms with Crippen LogP contribution in [0.25, 0.3) is 6.08 Å². The van der Waals surface area contributed by atoms with Gasteiger partial charge >= 0.3 is 0 Å². The number of rotatable bonds is 4. The molecule has 0 bridgehead atoms. The van der Waals surface area contributed by atoms with E-state index in [1.54, 1.807) is 0 Å². The smallest absolute Gasteiger partial charge is 0.235 e. The van der Waals surface area contributed by atoms with Crippen molar-refractivity contribution < 1.29 is 18.8 Å². The summed E-state index contributed by atoms with van der Waals surface area (Å²) in [7, 11) is 2.66. The predicted octanol–water partition coefficient (Wildman–Crippen LogP) is 2.09. The van der Waals surface area contributed by atoms with Gasteiger partial charge in [0.25, 0.3) is 0 Å². The summed E-state index contributed by atoms with van der Waals surface area (Å²) in [6.07, 6.45) is 1.82. The maximum absolute atomic E-state index is 13.3. The Morgan fingerprint density at radius 2 is 2.06 bits per heavy atom. The molecule has 1 aromatic rings. The molecule has 86 valence electrons. The minimum absolute atomic E-state index is 0.0857. The minimum atomic E-state index is -0.649. The molecular weight excluding hydrogens is 217 g/mol. The number of halogens is 1. The van der Waals surface area contributed by atoms with Crippen LogP contribution in [0.4, 0.5) is 4.39 Å². The van der Waals surface area contributed by atoms with Gasteiger partial charge in [0.05, 0.1) is 24.7 Å². The number of nitro groups is 1. The van der Waals surface area contributed by atoms with Crippen molar-refractivity contribution in [1.29, 1.82) is 0 Å². The van der Waals surface area contributed by atoms with Crippen molar-refractivity contribution in [2.24, 2.45) is 0 Å². The SMILES string of the molecule is COc1ccc(F)c(OC)c1/C=C/[N+](=O)[O-]. The first-order valence-corrected chi connectivity index (χ1v) is 4.32. The van der Waals surface area contributed by atoms with Crippen molar-refractivity contribution in [3.8, 4) is 11.5 Å². The van der Waals surface area contributed by atoms with Crippen LogP contribution in [-0.2, 0) is 0 Å². The lowest BCUT2D eigenvalue weighted by Gasteiger charge is -2.09. The van der Waals surface area contributed by atoms with E-state index in [1.807, 2.05) is 0 Å². The number of methoxy groups -OCH3 is 2. The summed E-state index contributed by atoms with van der Waals surface area (Å²) in [4.78, 5) is 9.55. The Kier molecular flexibility index (Phi) is 3.82. The Hall–Kier alpha value is -2.11. The topological polar surface area (TPSA) is 61.6 Å². The highest BCUT2D eigenvalue weighted by atomic mass is 19.1. The Morgan fingerprint density at radius 1 is 1.38 bits per heavy atom. The van der Waals surface area contributed by atoms with Gasteiger partial charge in [-0.25, -0.2) is 4.39 Å². The molecule has 6 heteroatoms. The highest BCUT2D eigenvalue weighted by Gasteiger charge is 2.13. The summed E-state index contributed by atoms with van der Waals surface area (Å²) < 4.78 is 23.1. The van der Waals surface area contributed by atoms with Crippen LogP contribution in [0.1, 0.15) is 5.56 Å². The van der Waals surface area contributed by atoms with Gasteiger partial charge < -0.3 is 9.47 Å². The van der Waals surface area contributed by atoms with E-state index in [2.05, 4.69) is 0 Å². The summed E-state index contributed by atoms with van der Waals surface area (Å²) in [5, 5.41) is 10.2. The van der Waals surface area contributed by atoms with E-state index in [4.69, 9.17) is 9.47 Å². The molecule has 0 spiro atoms. The summed E-state index contributed by atoms with van der Waals surface area (Å²) in [6.45, 7) is 0. The van der Waals surface area contributed by atoms with Crippen molar-refractivity contribution in [3.05, 3.63) is 39.8 Å². The van der Waals surface area contributed by atoms with Crippen LogP contribution < -0.4 is 9.47 Å². The molecule has 0 amide bonds. The summed E-state index contributed by atoms with van der Waals surface area (Å²) in [5.74, 6) is -0.389. The van der Waals surface area contributed by atoms with Gasteiger partial charge in [-0.1, -0.05) is 0 Å². The Morgan fingerprint density at radius 3 is 2.56 bits per heavy atom. The quantitative estimate of drug-likeness (QED) is 0.583. The zero-order valence-corrected chi connectivity index (χ0v) is 8.77. The van der Waals surface area contributed by atoms with Gasteiger partial charge in [0, 0.05) is 6.08 Å². The summed E-state index contributed by atoms with van der Waals surface area (Å²) in [6, 6.07) is 2.54. The van der Waals surface area contributed by atoms with Gasteiger partial charge in [-0.05, 0) is 12.1 Å². The maximum atomic E-state index is 13.3. The molecule has 1 rings (SSSR count). The second-order valence-electron chi connectivity index (χ2n) is 2.80. The molecule has 0 radical (unpaired) electrons. The third-order valence-electron chi connectivity index (χ3n) is 1.89. The molecule has 0 fully saturated rings. The van der Waals surface area contributed by atoms with Crippen molar-refractivity contribution in [1.82, 2.24) is 0 Å².